The molecule has 6 heteroatoms. The van der Waals surface area contributed by atoms with Crippen LogP contribution in [-0.2, 0) is 16.4 Å². The Hall–Kier alpha value is -0.590. The summed E-state index contributed by atoms with van der Waals surface area (Å²) in [5.41, 5.74) is 2.31. The van der Waals surface area contributed by atoms with Gasteiger partial charge in [-0.25, -0.2) is 8.42 Å². The van der Waals surface area contributed by atoms with E-state index in [0.29, 0.717) is 18.7 Å². The van der Waals surface area contributed by atoms with E-state index in [1.54, 1.807) is 0 Å². The van der Waals surface area contributed by atoms with Gasteiger partial charge in [0, 0.05) is 29.8 Å². The molecular formula is C14H21BrN2O2S. The van der Waals surface area contributed by atoms with Gasteiger partial charge >= 0.3 is 0 Å². The van der Waals surface area contributed by atoms with E-state index in [0.717, 1.165) is 29.8 Å². The van der Waals surface area contributed by atoms with Crippen molar-refractivity contribution in [1.82, 2.24) is 5.32 Å². The number of anilines is 1. The molecule has 1 heterocycles. The van der Waals surface area contributed by atoms with Crippen LogP contribution in [0.4, 0.5) is 5.69 Å². The van der Waals surface area contributed by atoms with Crippen LogP contribution >= 0.6 is 15.9 Å². The van der Waals surface area contributed by atoms with Crippen LogP contribution in [0.5, 0.6) is 0 Å². The molecule has 1 fully saturated rings. The Balaban J connectivity index is 2.11. The van der Waals surface area contributed by atoms with Crippen molar-refractivity contribution in [2.24, 2.45) is 0 Å². The summed E-state index contributed by atoms with van der Waals surface area (Å²) < 4.78 is 24.4. The fourth-order valence-electron chi connectivity index (χ4n) is 2.33. The van der Waals surface area contributed by atoms with E-state index in [2.05, 4.69) is 51.3 Å². The average Bonchev–Trinajstić information content (AvgIpc) is 2.58. The second-order valence-electron chi connectivity index (χ2n) is 5.05. The molecule has 0 spiro atoms. The van der Waals surface area contributed by atoms with Gasteiger partial charge in [0.25, 0.3) is 0 Å². The van der Waals surface area contributed by atoms with Crippen LogP contribution in [0.15, 0.2) is 22.7 Å². The normalized spacial score (nSPS) is 18.8. The van der Waals surface area contributed by atoms with Gasteiger partial charge in [0.2, 0.25) is 0 Å². The topological polar surface area (TPSA) is 49.4 Å². The molecule has 1 aromatic carbocycles. The summed E-state index contributed by atoms with van der Waals surface area (Å²) in [6.45, 7) is 5.25. The van der Waals surface area contributed by atoms with Crippen molar-refractivity contribution < 1.29 is 8.42 Å². The highest BCUT2D eigenvalue weighted by molar-refractivity contribution is 9.10. The van der Waals surface area contributed by atoms with Crippen molar-refractivity contribution in [2.45, 2.75) is 19.9 Å². The van der Waals surface area contributed by atoms with Crippen molar-refractivity contribution in [3.8, 4) is 0 Å². The molecule has 1 N–H and O–H groups in total. The SMILES string of the molecule is CCNCc1ccc(N2CCCS(=O)(=O)CC2)cc1Br. The molecule has 0 unspecified atom stereocenters. The van der Waals surface area contributed by atoms with Crippen LogP contribution in [0.3, 0.4) is 0 Å². The molecule has 1 aromatic rings. The molecule has 0 amide bonds. The summed E-state index contributed by atoms with van der Waals surface area (Å²) in [5, 5.41) is 3.30. The molecule has 0 aliphatic carbocycles. The molecule has 0 saturated carbocycles. The average molecular weight is 361 g/mol. The quantitative estimate of drug-likeness (QED) is 0.893. The number of hydrogen-bond donors (Lipinski definition) is 1. The zero-order valence-electron chi connectivity index (χ0n) is 11.7. The lowest BCUT2D eigenvalue weighted by atomic mass is 10.2. The van der Waals surface area contributed by atoms with Crippen LogP contribution in [0.1, 0.15) is 18.9 Å². The smallest absolute Gasteiger partial charge is 0.152 e. The van der Waals surface area contributed by atoms with Crippen LogP contribution < -0.4 is 10.2 Å². The molecule has 20 heavy (non-hydrogen) atoms. The van der Waals surface area contributed by atoms with E-state index in [1.807, 2.05) is 0 Å². The van der Waals surface area contributed by atoms with Gasteiger partial charge < -0.3 is 10.2 Å². The minimum absolute atomic E-state index is 0.254. The van der Waals surface area contributed by atoms with E-state index in [-0.39, 0.29) is 5.75 Å². The van der Waals surface area contributed by atoms with Gasteiger partial charge in [-0.05, 0) is 30.7 Å². The number of nitrogens with zero attached hydrogens (tertiary/aromatic N) is 1. The molecule has 1 saturated heterocycles. The molecule has 112 valence electrons. The van der Waals surface area contributed by atoms with E-state index < -0.39 is 9.84 Å². The first kappa shape index (κ1) is 15.8. The number of hydrogen-bond acceptors (Lipinski definition) is 4. The van der Waals surface area contributed by atoms with Gasteiger partial charge in [-0.3, -0.25) is 0 Å². The lowest BCUT2D eigenvalue weighted by molar-refractivity contribution is 0.597. The van der Waals surface area contributed by atoms with Crippen LogP contribution in [0, 0.1) is 0 Å². The second-order valence-corrected chi connectivity index (χ2v) is 8.21. The van der Waals surface area contributed by atoms with Crippen LogP contribution in [0.2, 0.25) is 0 Å². The molecule has 1 aliphatic heterocycles. The third-order valence-electron chi connectivity index (χ3n) is 3.52. The van der Waals surface area contributed by atoms with Crippen molar-refractivity contribution in [2.75, 3.05) is 36.0 Å². The Labute approximate surface area is 129 Å². The van der Waals surface area contributed by atoms with Gasteiger partial charge in [-0.2, -0.15) is 0 Å². The lowest BCUT2D eigenvalue weighted by Crippen LogP contribution is -2.26. The predicted molar refractivity (Wildman–Crippen MR) is 87.0 cm³/mol. The summed E-state index contributed by atoms with van der Waals surface area (Å²) in [6, 6.07) is 6.27. The van der Waals surface area contributed by atoms with E-state index in [1.165, 1.54) is 5.56 Å². The molecule has 2 rings (SSSR count). The Morgan fingerprint density at radius 3 is 2.80 bits per heavy atom. The van der Waals surface area contributed by atoms with Crippen molar-refractivity contribution >= 4 is 31.5 Å². The lowest BCUT2D eigenvalue weighted by Gasteiger charge is -2.23. The maximum atomic E-state index is 11.6. The Morgan fingerprint density at radius 2 is 2.10 bits per heavy atom. The summed E-state index contributed by atoms with van der Waals surface area (Å²) >= 11 is 3.60. The van der Waals surface area contributed by atoms with Crippen molar-refractivity contribution in [3.05, 3.63) is 28.2 Å². The standard InChI is InChI=1S/C14H21BrN2O2S/c1-2-16-11-12-4-5-13(10-14(12)15)17-6-3-8-20(18,19)9-7-17/h4-5,10,16H,2-3,6-9,11H2,1H3. The summed E-state index contributed by atoms with van der Waals surface area (Å²) in [7, 11) is -2.85. The number of halogens is 1. The molecule has 1 aliphatic rings. The highest BCUT2D eigenvalue weighted by Gasteiger charge is 2.19. The first-order valence-corrected chi connectivity index (χ1v) is 9.58. The third kappa shape index (κ3) is 4.20. The molecule has 0 radical (unpaired) electrons. The zero-order valence-corrected chi connectivity index (χ0v) is 14.1. The molecule has 4 nitrogen and oxygen atoms in total. The Bertz CT molecular complexity index is 560. The van der Waals surface area contributed by atoms with Gasteiger partial charge in [0.1, 0.15) is 0 Å². The maximum absolute atomic E-state index is 11.6. The highest BCUT2D eigenvalue weighted by Crippen LogP contribution is 2.25. The Kier molecular flexibility index (Phi) is 5.46. The number of benzene rings is 1. The van der Waals surface area contributed by atoms with Crippen molar-refractivity contribution in [1.29, 1.82) is 0 Å². The number of nitrogens with one attached hydrogen (secondary N) is 1. The van der Waals surface area contributed by atoms with Crippen molar-refractivity contribution in [3.63, 3.8) is 0 Å². The Morgan fingerprint density at radius 1 is 1.30 bits per heavy atom. The highest BCUT2D eigenvalue weighted by atomic mass is 79.9. The minimum atomic E-state index is -2.85. The molecule has 0 bridgehead atoms. The molecular weight excluding hydrogens is 340 g/mol. The monoisotopic (exact) mass is 360 g/mol. The van der Waals surface area contributed by atoms with Gasteiger partial charge in [0.05, 0.1) is 11.5 Å². The second kappa shape index (κ2) is 6.91. The van der Waals surface area contributed by atoms with E-state index in [9.17, 15) is 8.42 Å². The first-order valence-electron chi connectivity index (χ1n) is 6.96. The number of rotatable bonds is 4. The predicted octanol–water partition coefficient (Wildman–Crippen LogP) is 2.18. The molecule has 0 atom stereocenters. The van der Waals surface area contributed by atoms with Gasteiger partial charge in [-0.15, -0.1) is 0 Å². The van der Waals surface area contributed by atoms with E-state index in [4.69, 9.17) is 0 Å². The summed E-state index contributed by atoms with van der Waals surface area (Å²) in [4.78, 5) is 2.16. The molecule has 0 aromatic heterocycles. The van der Waals surface area contributed by atoms with E-state index >= 15 is 0 Å². The zero-order chi connectivity index (χ0) is 14.6. The fraction of sp³-hybridized carbons (Fsp3) is 0.571. The van der Waals surface area contributed by atoms with Crippen LogP contribution in [-0.4, -0.2) is 39.6 Å². The first-order chi connectivity index (χ1) is 9.52. The number of sulfone groups is 1. The minimum Gasteiger partial charge on any atom is -0.370 e. The van der Waals surface area contributed by atoms with Gasteiger partial charge in [-0.1, -0.05) is 28.9 Å². The van der Waals surface area contributed by atoms with Crippen LogP contribution in [0.25, 0.3) is 0 Å². The summed E-state index contributed by atoms with van der Waals surface area (Å²) in [6.07, 6.45) is 0.707. The van der Waals surface area contributed by atoms with Gasteiger partial charge in [0.15, 0.2) is 9.84 Å². The third-order valence-corrected chi connectivity index (χ3v) is 5.98. The maximum Gasteiger partial charge on any atom is 0.152 e. The fourth-order valence-corrected chi connectivity index (χ4v) is 4.11. The largest absolute Gasteiger partial charge is 0.370 e. The summed E-state index contributed by atoms with van der Waals surface area (Å²) in [5.74, 6) is 0.562.